The third-order valence-corrected chi connectivity index (χ3v) is 4.75. The first-order valence-corrected chi connectivity index (χ1v) is 7.68. The van der Waals surface area contributed by atoms with E-state index in [1.165, 1.54) is 12.0 Å². The van der Waals surface area contributed by atoms with Crippen LogP contribution in [0.2, 0.25) is 0 Å². The number of hydrogen-bond acceptors (Lipinski definition) is 2. The van der Waals surface area contributed by atoms with Crippen molar-refractivity contribution in [3.05, 3.63) is 35.9 Å². The fourth-order valence-electron chi connectivity index (χ4n) is 3.25. The highest BCUT2D eigenvalue weighted by molar-refractivity contribution is 7.80. The van der Waals surface area contributed by atoms with Gasteiger partial charge in [0, 0.05) is 12.0 Å². The van der Waals surface area contributed by atoms with Crippen molar-refractivity contribution in [3.63, 3.8) is 0 Å². The zero-order valence-electron chi connectivity index (χ0n) is 11.9. The molecule has 2 rings (SSSR count). The molecule has 0 aromatic heterocycles. The van der Waals surface area contributed by atoms with Crippen molar-refractivity contribution in [2.45, 2.75) is 32.7 Å². The molecule has 1 saturated carbocycles. The van der Waals surface area contributed by atoms with E-state index in [1.54, 1.807) is 0 Å². The van der Waals surface area contributed by atoms with Gasteiger partial charge >= 0.3 is 0 Å². The van der Waals surface area contributed by atoms with Gasteiger partial charge in [0.05, 0.1) is 4.99 Å². The lowest BCUT2D eigenvalue weighted by molar-refractivity contribution is 0.0787. The molecule has 0 amide bonds. The summed E-state index contributed by atoms with van der Waals surface area (Å²) in [6.45, 7) is 6.59. The SMILES string of the molecule is CCN(CC)C(c1ccccc1)C1CCC1C(N)=S. The van der Waals surface area contributed by atoms with E-state index in [1.807, 2.05) is 0 Å². The van der Waals surface area contributed by atoms with Crippen LogP contribution in [-0.4, -0.2) is 23.0 Å². The van der Waals surface area contributed by atoms with Crippen LogP contribution in [0.1, 0.15) is 38.3 Å². The van der Waals surface area contributed by atoms with Crippen molar-refractivity contribution in [3.8, 4) is 0 Å². The Bertz CT molecular complexity index is 414. The fourth-order valence-corrected chi connectivity index (χ4v) is 3.55. The van der Waals surface area contributed by atoms with Crippen LogP contribution < -0.4 is 5.73 Å². The third-order valence-electron chi connectivity index (χ3n) is 4.45. The second-order valence-corrected chi connectivity index (χ2v) is 5.80. The zero-order chi connectivity index (χ0) is 13.8. The largest absolute Gasteiger partial charge is 0.393 e. The maximum Gasteiger partial charge on any atom is 0.0762 e. The van der Waals surface area contributed by atoms with Gasteiger partial charge in [-0.25, -0.2) is 0 Å². The summed E-state index contributed by atoms with van der Waals surface area (Å²) in [7, 11) is 0. The van der Waals surface area contributed by atoms with Crippen molar-refractivity contribution in [1.82, 2.24) is 4.90 Å². The highest BCUT2D eigenvalue weighted by Crippen LogP contribution is 2.45. The molecule has 0 saturated heterocycles. The number of thiocarbonyl (C=S) groups is 1. The van der Waals surface area contributed by atoms with Crippen LogP contribution >= 0.6 is 12.2 Å². The number of nitrogens with two attached hydrogens (primary N) is 1. The Labute approximate surface area is 122 Å². The van der Waals surface area contributed by atoms with Crippen LogP contribution in [-0.2, 0) is 0 Å². The summed E-state index contributed by atoms with van der Waals surface area (Å²) in [5.74, 6) is 1.00. The van der Waals surface area contributed by atoms with Crippen molar-refractivity contribution in [1.29, 1.82) is 0 Å². The first-order chi connectivity index (χ1) is 9.19. The first kappa shape index (κ1) is 14.5. The van der Waals surface area contributed by atoms with Crippen LogP contribution in [0.25, 0.3) is 0 Å². The Kier molecular flexibility index (Phi) is 4.94. The number of benzene rings is 1. The minimum absolute atomic E-state index is 0.417. The molecule has 3 heteroatoms. The van der Waals surface area contributed by atoms with Crippen LogP contribution in [0.15, 0.2) is 30.3 Å². The summed E-state index contributed by atoms with van der Waals surface area (Å²) >= 11 is 5.23. The Morgan fingerprint density at radius 3 is 2.32 bits per heavy atom. The van der Waals surface area contributed by atoms with E-state index in [2.05, 4.69) is 49.1 Å². The molecule has 3 unspecified atom stereocenters. The molecular weight excluding hydrogens is 252 g/mol. The van der Waals surface area contributed by atoms with Gasteiger partial charge in [-0.1, -0.05) is 56.4 Å². The summed E-state index contributed by atoms with van der Waals surface area (Å²) in [6.07, 6.45) is 2.39. The summed E-state index contributed by atoms with van der Waals surface area (Å²) in [5.41, 5.74) is 7.30. The van der Waals surface area contributed by atoms with E-state index < -0.39 is 0 Å². The third kappa shape index (κ3) is 2.98. The molecule has 19 heavy (non-hydrogen) atoms. The molecule has 104 valence electrons. The minimum Gasteiger partial charge on any atom is -0.393 e. The summed E-state index contributed by atoms with van der Waals surface area (Å²) in [6, 6.07) is 11.3. The standard InChI is InChI=1S/C16H24N2S/c1-3-18(4-2)15(12-8-6-5-7-9-12)13-10-11-14(13)16(17)19/h5-9,13-15H,3-4,10-11H2,1-2H3,(H2,17,19). The maximum atomic E-state index is 5.90. The van der Waals surface area contributed by atoms with Crippen LogP contribution in [0.4, 0.5) is 0 Å². The van der Waals surface area contributed by atoms with Gasteiger partial charge in [0.15, 0.2) is 0 Å². The topological polar surface area (TPSA) is 29.3 Å². The van der Waals surface area contributed by atoms with Crippen LogP contribution in [0, 0.1) is 11.8 Å². The molecule has 1 fully saturated rings. The Hall–Kier alpha value is -0.930. The van der Waals surface area contributed by atoms with Gasteiger partial charge in [0.2, 0.25) is 0 Å². The molecule has 3 atom stereocenters. The van der Waals surface area contributed by atoms with Gasteiger partial charge in [-0.05, 0) is 37.4 Å². The lowest BCUT2D eigenvalue weighted by Crippen LogP contribution is -2.45. The second kappa shape index (κ2) is 6.49. The zero-order valence-corrected chi connectivity index (χ0v) is 12.7. The normalized spacial score (nSPS) is 23.9. The van der Waals surface area contributed by atoms with Gasteiger partial charge in [0.1, 0.15) is 0 Å². The lowest BCUT2D eigenvalue weighted by atomic mass is 9.67. The van der Waals surface area contributed by atoms with Crippen molar-refractivity contribution >= 4 is 17.2 Å². The smallest absolute Gasteiger partial charge is 0.0762 e. The average molecular weight is 276 g/mol. The van der Waals surface area contributed by atoms with Gasteiger partial charge in [-0.3, -0.25) is 4.90 Å². The van der Waals surface area contributed by atoms with E-state index >= 15 is 0 Å². The van der Waals surface area contributed by atoms with Gasteiger partial charge in [-0.2, -0.15) is 0 Å². The first-order valence-electron chi connectivity index (χ1n) is 7.27. The summed E-state index contributed by atoms with van der Waals surface area (Å²) < 4.78 is 0. The summed E-state index contributed by atoms with van der Waals surface area (Å²) in [4.78, 5) is 3.23. The molecule has 1 aromatic rings. The fraction of sp³-hybridized carbons (Fsp3) is 0.562. The monoisotopic (exact) mass is 276 g/mol. The molecule has 1 aliphatic rings. The molecule has 1 aromatic carbocycles. The van der Waals surface area contributed by atoms with Crippen LogP contribution in [0.3, 0.4) is 0 Å². The molecule has 0 aliphatic heterocycles. The average Bonchev–Trinajstić information content (AvgIpc) is 2.38. The quantitative estimate of drug-likeness (QED) is 0.808. The Morgan fingerprint density at radius 2 is 1.89 bits per heavy atom. The maximum absolute atomic E-state index is 5.90. The van der Waals surface area contributed by atoms with E-state index in [-0.39, 0.29) is 0 Å². The van der Waals surface area contributed by atoms with Crippen molar-refractivity contribution < 1.29 is 0 Å². The molecule has 1 aliphatic carbocycles. The highest BCUT2D eigenvalue weighted by Gasteiger charge is 2.41. The van der Waals surface area contributed by atoms with E-state index in [0.29, 0.717) is 22.9 Å². The molecule has 0 heterocycles. The number of hydrogen-bond donors (Lipinski definition) is 1. The lowest BCUT2D eigenvalue weighted by Gasteiger charge is -2.46. The van der Waals surface area contributed by atoms with E-state index in [0.717, 1.165) is 19.5 Å². The van der Waals surface area contributed by atoms with Crippen molar-refractivity contribution in [2.24, 2.45) is 17.6 Å². The van der Waals surface area contributed by atoms with Gasteiger partial charge in [0.25, 0.3) is 0 Å². The minimum atomic E-state index is 0.417. The molecule has 2 nitrogen and oxygen atoms in total. The summed E-state index contributed by atoms with van der Waals surface area (Å²) in [5, 5.41) is 0. The van der Waals surface area contributed by atoms with Gasteiger partial charge < -0.3 is 5.73 Å². The molecule has 2 N–H and O–H groups in total. The predicted octanol–water partition coefficient (Wildman–Crippen LogP) is 3.38. The van der Waals surface area contributed by atoms with Crippen LogP contribution in [0.5, 0.6) is 0 Å². The predicted molar refractivity (Wildman–Crippen MR) is 85.1 cm³/mol. The Balaban J connectivity index is 2.27. The molecule has 0 bridgehead atoms. The second-order valence-electron chi connectivity index (χ2n) is 5.33. The van der Waals surface area contributed by atoms with E-state index in [9.17, 15) is 0 Å². The number of nitrogens with zero attached hydrogens (tertiary/aromatic N) is 1. The molecular formula is C16H24N2S. The molecule has 0 spiro atoms. The van der Waals surface area contributed by atoms with Crippen molar-refractivity contribution in [2.75, 3.05) is 13.1 Å². The highest BCUT2D eigenvalue weighted by atomic mass is 32.1. The molecule has 0 radical (unpaired) electrons. The number of rotatable bonds is 6. The van der Waals surface area contributed by atoms with Gasteiger partial charge in [-0.15, -0.1) is 0 Å². The Morgan fingerprint density at radius 1 is 1.26 bits per heavy atom. The van der Waals surface area contributed by atoms with E-state index in [4.69, 9.17) is 18.0 Å².